The number of amides is 1. The number of phenolic OH excluding ortho intramolecular Hbond substituents is 1. The van der Waals surface area contributed by atoms with Gasteiger partial charge in [-0.15, -0.1) is 0 Å². The summed E-state index contributed by atoms with van der Waals surface area (Å²) in [6, 6.07) is 16.5. The molecule has 0 radical (unpaired) electrons. The van der Waals surface area contributed by atoms with Gasteiger partial charge in [0, 0.05) is 6.92 Å². The number of carbonyl (C=O) groups is 1. The summed E-state index contributed by atoms with van der Waals surface area (Å²) in [6.45, 7) is 2.05. The van der Waals surface area contributed by atoms with Crippen molar-refractivity contribution < 1.29 is 28.2 Å². The van der Waals surface area contributed by atoms with E-state index in [9.17, 15) is 23.4 Å². The number of benzene rings is 3. The number of anilines is 2. The third-order valence-electron chi connectivity index (χ3n) is 5.76. The van der Waals surface area contributed by atoms with Crippen molar-refractivity contribution in [3.8, 4) is 22.6 Å². The van der Waals surface area contributed by atoms with Gasteiger partial charge >= 0.3 is 206 Å². The SMILES string of the molecule is CC(=O)Nc1ccc2c(c1)Cc1cc(OCC[AsH]CC(O)c3ccc(O)c(NS(C)(=O)=O)c3)ccc1-2. The van der Waals surface area contributed by atoms with Gasteiger partial charge in [0.25, 0.3) is 0 Å². The summed E-state index contributed by atoms with van der Waals surface area (Å²) in [5.41, 5.74) is 6.15. The van der Waals surface area contributed by atoms with Gasteiger partial charge < -0.3 is 0 Å². The van der Waals surface area contributed by atoms with Crippen LogP contribution in [0.5, 0.6) is 11.5 Å². The van der Waals surface area contributed by atoms with Crippen molar-refractivity contribution in [2.75, 3.05) is 22.9 Å². The van der Waals surface area contributed by atoms with Crippen LogP contribution in [0.3, 0.4) is 0 Å². The van der Waals surface area contributed by atoms with Gasteiger partial charge in [-0.05, 0) is 0 Å². The van der Waals surface area contributed by atoms with Crippen molar-refractivity contribution in [3.63, 3.8) is 0 Å². The molecule has 36 heavy (non-hydrogen) atoms. The molecule has 0 spiro atoms. The van der Waals surface area contributed by atoms with Crippen LogP contribution in [-0.4, -0.2) is 53.2 Å². The fraction of sp³-hybridized carbons (Fsp3) is 0.269. The molecule has 10 heteroatoms. The van der Waals surface area contributed by atoms with Gasteiger partial charge in [0.2, 0.25) is 0 Å². The predicted octanol–water partition coefficient (Wildman–Crippen LogP) is 3.68. The fourth-order valence-corrected chi connectivity index (χ4v) is 6.77. The average molecular weight is 573 g/mol. The second-order valence-electron chi connectivity index (χ2n) is 8.77. The van der Waals surface area contributed by atoms with Crippen LogP contribution in [0.15, 0.2) is 54.6 Å². The molecule has 1 amide bonds. The molecule has 3 aromatic carbocycles. The van der Waals surface area contributed by atoms with Crippen LogP contribution in [0.4, 0.5) is 11.4 Å². The molecule has 4 N–H and O–H groups in total. The first-order valence-electron chi connectivity index (χ1n) is 11.4. The third-order valence-corrected chi connectivity index (χ3v) is 8.94. The van der Waals surface area contributed by atoms with E-state index < -0.39 is 31.9 Å². The number of fused-ring (bicyclic) bond motifs is 3. The summed E-state index contributed by atoms with van der Waals surface area (Å²) in [5, 5.41) is 24.7. The zero-order chi connectivity index (χ0) is 25.9. The van der Waals surface area contributed by atoms with Crippen LogP contribution in [0.25, 0.3) is 11.1 Å². The van der Waals surface area contributed by atoms with Crippen LogP contribution in [0.1, 0.15) is 29.7 Å². The van der Waals surface area contributed by atoms with E-state index in [0.717, 1.165) is 29.3 Å². The van der Waals surface area contributed by atoms with E-state index in [4.69, 9.17) is 4.74 Å². The summed E-state index contributed by atoms with van der Waals surface area (Å²) in [6.07, 6.45) is 1.07. The fourth-order valence-electron chi connectivity index (χ4n) is 4.20. The molecule has 0 saturated heterocycles. The molecule has 1 aliphatic rings. The van der Waals surface area contributed by atoms with Crippen molar-refractivity contribution in [3.05, 3.63) is 71.3 Å². The number of nitrogens with one attached hydrogen (secondary N) is 2. The zero-order valence-corrected chi connectivity index (χ0v) is 23.0. The number of sulfonamides is 1. The third kappa shape index (κ3) is 6.60. The van der Waals surface area contributed by atoms with Gasteiger partial charge in [-0.2, -0.15) is 0 Å². The molecular formula is C26H29AsN2O6S. The molecule has 190 valence electrons. The Morgan fingerprint density at radius 1 is 1.08 bits per heavy atom. The van der Waals surface area contributed by atoms with E-state index in [2.05, 4.69) is 22.2 Å². The summed E-state index contributed by atoms with van der Waals surface area (Å²) >= 11 is -0.496. The number of aromatic hydroxyl groups is 1. The molecule has 0 aliphatic heterocycles. The summed E-state index contributed by atoms with van der Waals surface area (Å²) in [5.74, 6) is 0.533. The Bertz CT molecular complexity index is 1390. The molecule has 3 aromatic rings. The Morgan fingerprint density at radius 2 is 1.81 bits per heavy atom. The standard InChI is InChI=1S/C26H29AsN2O6S/c1-16(30)28-20-4-6-22-18(12-20)11-19-13-21(5-7-23(19)22)35-10-9-27-15-26(32)17-3-8-25(31)24(14-17)29-36(2,33)34/h3-8,12-14,26-27,29,31-32H,9-11,15H2,1-2H3,(H,28,30). The van der Waals surface area contributed by atoms with Gasteiger partial charge in [-0.25, -0.2) is 0 Å². The quantitative estimate of drug-likeness (QED) is 0.131. The van der Waals surface area contributed by atoms with Crippen molar-refractivity contribution in [2.45, 2.75) is 29.9 Å². The maximum atomic E-state index is 11.5. The Labute approximate surface area is 217 Å². The molecule has 0 saturated carbocycles. The first-order valence-corrected chi connectivity index (χ1v) is 16.3. The van der Waals surface area contributed by atoms with E-state index in [0.29, 0.717) is 17.4 Å². The normalized spacial score (nSPS) is 13.3. The monoisotopic (exact) mass is 572 g/mol. The van der Waals surface area contributed by atoms with Crippen molar-refractivity contribution in [2.24, 2.45) is 0 Å². The molecule has 2 unspecified atom stereocenters. The number of aliphatic hydroxyl groups excluding tert-OH is 1. The molecule has 4 rings (SSSR count). The summed E-state index contributed by atoms with van der Waals surface area (Å²) in [4.78, 5) is 11.3. The van der Waals surface area contributed by atoms with Crippen molar-refractivity contribution in [1.29, 1.82) is 0 Å². The summed E-state index contributed by atoms with van der Waals surface area (Å²) < 4.78 is 31.1. The Morgan fingerprint density at radius 3 is 2.53 bits per heavy atom. The Balaban J connectivity index is 1.27. The van der Waals surface area contributed by atoms with Crippen LogP contribution < -0.4 is 14.8 Å². The number of hydrogen-bond donors (Lipinski definition) is 4. The number of aliphatic hydroxyl groups is 1. The molecular weight excluding hydrogens is 543 g/mol. The Hall–Kier alpha value is -3.00. The maximum absolute atomic E-state index is 11.5. The van der Waals surface area contributed by atoms with Crippen LogP contribution in [-0.2, 0) is 21.2 Å². The molecule has 0 heterocycles. The minimum absolute atomic E-state index is 0.0579. The zero-order valence-electron chi connectivity index (χ0n) is 20.0. The van der Waals surface area contributed by atoms with Gasteiger partial charge in [-0.3, -0.25) is 4.79 Å². The van der Waals surface area contributed by atoms with Gasteiger partial charge in [0.05, 0.1) is 0 Å². The van der Waals surface area contributed by atoms with Gasteiger partial charge in [-0.1, -0.05) is 0 Å². The number of ether oxygens (including phenoxy) is 1. The number of rotatable bonds is 10. The van der Waals surface area contributed by atoms with Gasteiger partial charge in [0.15, 0.2) is 0 Å². The molecule has 0 bridgehead atoms. The summed E-state index contributed by atoms with van der Waals surface area (Å²) in [7, 11) is -3.53. The molecule has 0 aromatic heterocycles. The molecule has 0 fully saturated rings. The van der Waals surface area contributed by atoms with Gasteiger partial charge in [0.1, 0.15) is 0 Å². The number of carbonyl (C=O) groups excluding carboxylic acids is 1. The minimum atomic E-state index is -3.53. The van der Waals surface area contributed by atoms with E-state index in [1.807, 2.05) is 24.3 Å². The molecule has 2 atom stereocenters. The Kier molecular flexibility index (Phi) is 7.93. The first-order chi connectivity index (χ1) is 17.1. The van der Waals surface area contributed by atoms with E-state index >= 15 is 0 Å². The van der Waals surface area contributed by atoms with E-state index in [-0.39, 0.29) is 17.3 Å². The topological polar surface area (TPSA) is 125 Å². The van der Waals surface area contributed by atoms with Crippen molar-refractivity contribution >= 4 is 43.1 Å². The molecule has 1 aliphatic carbocycles. The van der Waals surface area contributed by atoms with Crippen molar-refractivity contribution in [1.82, 2.24) is 0 Å². The van der Waals surface area contributed by atoms with Crippen LogP contribution in [0, 0.1) is 0 Å². The van der Waals surface area contributed by atoms with Crippen LogP contribution in [0.2, 0.25) is 10.4 Å². The second kappa shape index (κ2) is 10.9. The first kappa shape index (κ1) is 26.1. The number of phenols is 1. The van der Waals surface area contributed by atoms with E-state index in [1.165, 1.54) is 41.3 Å². The predicted molar refractivity (Wildman–Crippen MR) is 143 cm³/mol. The average Bonchev–Trinajstić information content (AvgIpc) is 3.15. The number of hydrogen-bond acceptors (Lipinski definition) is 6. The van der Waals surface area contributed by atoms with E-state index in [1.54, 1.807) is 6.07 Å². The second-order valence-corrected chi connectivity index (χ2v) is 13.5. The molecule has 8 nitrogen and oxygen atoms in total. The van der Waals surface area contributed by atoms with Crippen LogP contribution >= 0.6 is 0 Å².